The maximum absolute atomic E-state index is 4.38. The van der Waals surface area contributed by atoms with E-state index >= 15 is 0 Å². The van der Waals surface area contributed by atoms with E-state index in [4.69, 9.17) is 0 Å². The number of nitrogens with one attached hydrogen (secondary N) is 2. The molecule has 2 N–H and O–H groups in total. The van der Waals surface area contributed by atoms with Gasteiger partial charge in [0.2, 0.25) is 0 Å². The zero-order valence-electron chi connectivity index (χ0n) is 6.77. The van der Waals surface area contributed by atoms with Gasteiger partial charge >= 0.3 is 0 Å². The van der Waals surface area contributed by atoms with Crippen molar-refractivity contribution in [1.82, 2.24) is 10.6 Å². The van der Waals surface area contributed by atoms with Crippen molar-refractivity contribution in [2.75, 3.05) is 26.2 Å². The molecule has 1 atom stereocenters. The molecule has 2 aliphatic rings. The molecule has 0 aromatic carbocycles. The van der Waals surface area contributed by atoms with Crippen molar-refractivity contribution in [3.8, 4) is 0 Å². The second kappa shape index (κ2) is 3.22. The molecule has 2 heterocycles. The third-order valence-corrected chi connectivity index (χ3v) is 2.39. The quantitative estimate of drug-likeness (QED) is 0.585. The molecule has 0 amide bonds. The van der Waals surface area contributed by atoms with Gasteiger partial charge in [0.1, 0.15) is 0 Å². The normalized spacial score (nSPS) is 30.2. The van der Waals surface area contributed by atoms with E-state index in [1.807, 2.05) is 0 Å². The first kappa shape index (κ1) is 7.10. The predicted octanol–water partition coefficient (Wildman–Crippen LogP) is -0.0123. The van der Waals surface area contributed by atoms with Crippen LogP contribution < -0.4 is 10.6 Å². The number of nitrogens with zero attached hydrogens (tertiary/aromatic N) is 1. The molecule has 2 aliphatic heterocycles. The molecule has 1 fully saturated rings. The van der Waals surface area contributed by atoms with E-state index in [-0.39, 0.29) is 0 Å². The number of aliphatic imine (C=N–C) groups is 1. The number of hydrogen-bond acceptors (Lipinski definition) is 3. The molecular formula is C8H15N3. The Morgan fingerprint density at radius 3 is 3.09 bits per heavy atom. The number of rotatable bonds is 2. The summed E-state index contributed by atoms with van der Waals surface area (Å²) in [5.74, 6) is 2.07. The molecule has 0 aromatic heterocycles. The highest BCUT2D eigenvalue weighted by Crippen LogP contribution is 2.12. The van der Waals surface area contributed by atoms with Gasteiger partial charge in [-0.2, -0.15) is 0 Å². The van der Waals surface area contributed by atoms with Crippen molar-refractivity contribution >= 4 is 5.84 Å². The Kier molecular flexibility index (Phi) is 2.08. The van der Waals surface area contributed by atoms with Gasteiger partial charge in [0.25, 0.3) is 0 Å². The summed E-state index contributed by atoms with van der Waals surface area (Å²) in [6, 6.07) is 0. The van der Waals surface area contributed by atoms with E-state index in [1.54, 1.807) is 0 Å². The van der Waals surface area contributed by atoms with Crippen molar-refractivity contribution < 1.29 is 0 Å². The zero-order valence-corrected chi connectivity index (χ0v) is 6.77. The fraction of sp³-hybridized carbons (Fsp3) is 0.875. The third-order valence-electron chi connectivity index (χ3n) is 2.39. The fourth-order valence-corrected chi connectivity index (χ4v) is 1.75. The van der Waals surface area contributed by atoms with Gasteiger partial charge < -0.3 is 10.6 Å². The minimum absolute atomic E-state index is 0.833. The van der Waals surface area contributed by atoms with Crippen LogP contribution in [-0.2, 0) is 0 Å². The summed E-state index contributed by atoms with van der Waals surface area (Å²) >= 11 is 0. The van der Waals surface area contributed by atoms with Gasteiger partial charge in [0.15, 0.2) is 0 Å². The van der Waals surface area contributed by atoms with Crippen LogP contribution in [0.2, 0.25) is 0 Å². The van der Waals surface area contributed by atoms with Crippen LogP contribution in [0.25, 0.3) is 0 Å². The number of hydrogen-bond donors (Lipinski definition) is 2. The highest BCUT2D eigenvalue weighted by molar-refractivity contribution is 5.83. The maximum Gasteiger partial charge on any atom is 0.0967 e. The van der Waals surface area contributed by atoms with Crippen LogP contribution in [0, 0.1) is 5.92 Å². The molecule has 0 saturated carbocycles. The van der Waals surface area contributed by atoms with E-state index < -0.39 is 0 Å². The lowest BCUT2D eigenvalue weighted by molar-refractivity contribution is 0.603. The largest absolute Gasteiger partial charge is 0.372 e. The second-order valence-electron chi connectivity index (χ2n) is 3.32. The highest BCUT2D eigenvalue weighted by atomic mass is 15.1. The Balaban J connectivity index is 1.79. The Labute approximate surface area is 67.3 Å². The molecule has 0 bridgehead atoms. The van der Waals surface area contributed by atoms with Gasteiger partial charge in [-0.05, 0) is 25.4 Å². The minimum atomic E-state index is 0.833. The van der Waals surface area contributed by atoms with Crippen molar-refractivity contribution in [3.63, 3.8) is 0 Å². The molecule has 0 radical (unpaired) electrons. The SMILES string of the molecule is C1CNC(CC2CCNC2)=N1. The average molecular weight is 153 g/mol. The molecule has 0 aliphatic carbocycles. The van der Waals surface area contributed by atoms with E-state index in [9.17, 15) is 0 Å². The van der Waals surface area contributed by atoms with Gasteiger partial charge in [0, 0.05) is 13.0 Å². The summed E-state index contributed by atoms with van der Waals surface area (Å²) < 4.78 is 0. The maximum atomic E-state index is 4.38. The lowest BCUT2D eigenvalue weighted by atomic mass is 10.0. The van der Waals surface area contributed by atoms with E-state index in [2.05, 4.69) is 15.6 Å². The summed E-state index contributed by atoms with van der Waals surface area (Å²) in [6.07, 6.45) is 2.48. The Bertz CT molecular complexity index is 159. The van der Waals surface area contributed by atoms with Crippen LogP contribution in [0.5, 0.6) is 0 Å². The number of amidine groups is 1. The minimum Gasteiger partial charge on any atom is -0.372 e. The monoisotopic (exact) mass is 153 g/mol. The molecule has 62 valence electrons. The molecular weight excluding hydrogens is 138 g/mol. The molecule has 3 nitrogen and oxygen atoms in total. The Morgan fingerprint density at radius 1 is 1.45 bits per heavy atom. The highest BCUT2D eigenvalue weighted by Gasteiger charge is 2.17. The molecule has 11 heavy (non-hydrogen) atoms. The fourth-order valence-electron chi connectivity index (χ4n) is 1.75. The molecule has 1 saturated heterocycles. The first-order valence-electron chi connectivity index (χ1n) is 4.43. The third kappa shape index (κ3) is 1.71. The van der Waals surface area contributed by atoms with Crippen LogP contribution >= 0.6 is 0 Å². The van der Waals surface area contributed by atoms with Crippen LogP contribution in [-0.4, -0.2) is 32.0 Å². The summed E-state index contributed by atoms with van der Waals surface area (Å²) in [7, 11) is 0. The Hall–Kier alpha value is -0.570. The smallest absolute Gasteiger partial charge is 0.0967 e. The van der Waals surface area contributed by atoms with E-state index in [0.29, 0.717) is 0 Å². The molecule has 2 rings (SSSR count). The van der Waals surface area contributed by atoms with Gasteiger partial charge in [0.05, 0.1) is 12.4 Å². The second-order valence-corrected chi connectivity index (χ2v) is 3.32. The Morgan fingerprint density at radius 2 is 2.45 bits per heavy atom. The summed E-state index contributed by atoms with van der Waals surface area (Å²) in [4.78, 5) is 4.38. The van der Waals surface area contributed by atoms with Crippen molar-refractivity contribution in [2.45, 2.75) is 12.8 Å². The lowest BCUT2D eigenvalue weighted by Crippen LogP contribution is -2.22. The molecule has 0 aromatic rings. The van der Waals surface area contributed by atoms with Crippen LogP contribution in [0.4, 0.5) is 0 Å². The van der Waals surface area contributed by atoms with E-state index in [1.165, 1.54) is 25.3 Å². The van der Waals surface area contributed by atoms with Gasteiger partial charge in [-0.1, -0.05) is 0 Å². The van der Waals surface area contributed by atoms with Gasteiger partial charge in [-0.3, -0.25) is 4.99 Å². The lowest BCUT2D eigenvalue weighted by Gasteiger charge is -2.07. The molecule has 3 heteroatoms. The average Bonchev–Trinajstić information content (AvgIpc) is 2.60. The standard InChI is InChI=1S/C8H15N3/c1-2-9-6-7(1)5-8-10-3-4-11-8/h7,9H,1-6H2,(H,10,11). The molecule has 1 unspecified atom stereocenters. The van der Waals surface area contributed by atoms with Crippen molar-refractivity contribution in [1.29, 1.82) is 0 Å². The van der Waals surface area contributed by atoms with Crippen molar-refractivity contribution in [3.05, 3.63) is 0 Å². The molecule has 0 spiro atoms. The van der Waals surface area contributed by atoms with E-state index in [0.717, 1.165) is 25.4 Å². The zero-order chi connectivity index (χ0) is 7.52. The van der Waals surface area contributed by atoms with Crippen LogP contribution in [0.15, 0.2) is 4.99 Å². The van der Waals surface area contributed by atoms with Crippen LogP contribution in [0.1, 0.15) is 12.8 Å². The van der Waals surface area contributed by atoms with Crippen LogP contribution in [0.3, 0.4) is 0 Å². The van der Waals surface area contributed by atoms with Gasteiger partial charge in [-0.25, -0.2) is 0 Å². The topological polar surface area (TPSA) is 36.4 Å². The summed E-state index contributed by atoms with van der Waals surface area (Å²) in [6.45, 7) is 4.41. The van der Waals surface area contributed by atoms with Crippen molar-refractivity contribution in [2.24, 2.45) is 10.9 Å². The first-order chi connectivity index (χ1) is 5.45. The summed E-state index contributed by atoms with van der Waals surface area (Å²) in [5, 5.41) is 6.67. The predicted molar refractivity (Wildman–Crippen MR) is 45.9 cm³/mol. The van der Waals surface area contributed by atoms with Gasteiger partial charge in [-0.15, -0.1) is 0 Å². The summed E-state index contributed by atoms with van der Waals surface area (Å²) in [5.41, 5.74) is 0. The first-order valence-corrected chi connectivity index (χ1v) is 4.43.